The first-order valence-electron chi connectivity index (χ1n) is 7.60. The summed E-state index contributed by atoms with van der Waals surface area (Å²) in [6.45, 7) is 2.68. The Morgan fingerprint density at radius 2 is 1.80 bits per heavy atom. The number of rotatable bonds is 4. The highest BCUT2D eigenvalue weighted by atomic mass is 16.2. The van der Waals surface area contributed by atoms with Crippen molar-refractivity contribution in [3.05, 3.63) is 29.8 Å². The molecule has 3 heteroatoms. The Morgan fingerprint density at radius 3 is 2.35 bits per heavy atom. The Labute approximate surface area is 122 Å². The number of amides is 1. The van der Waals surface area contributed by atoms with E-state index in [-0.39, 0.29) is 11.3 Å². The SMILES string of the molecule is Cc1ccc(N(C)C(=O)CC2(CN)CCCCC2)cc1. The van der Waals surface area contributed by atoms with Gasteiger partial charge in [-0.25, -0.2) is 0 Å². The van der Waals surface area contributed by atoms with Crippen molar-refractivity contribution in [2.24, 2.45) is 11.1 Å². The molecule has 2 rings (SSSR count). The van der Waals surface area contributed by atoms with E-state index in [2.05, 4.69) is 6.92 Å². The fourth-order valence-corrected chi connectivity index (χ4v) is 3.11. The molecule has 1 amide bonds. The highest BCUT2D eigenvalue weighted by molar-refractivity contribution is 5.93. The van der Waals surface area contributed by atoms with Gasteiger partial charge in [0, 0.05) is 19.2 Å². The van der Waals surface area contributed by atoms with Crippen molar-refractivity contribution in [2.75, 3.05) is 18.5 Å². The topological polar surface area (TPSA) is 46.3 Å². The molecular formula is C17H26N2O. The van der Waals surface area contributed by atoms with Crippen LogP contribution in [0.3, 0.4) is 0 Å². The lowest BCUT2D eigenvalue weighted by Crippen LogP contribution is -2.39. The summed E-state index contributed by atoms with van der Waals surface area (Å²) in [5.74, 6) is 0.182. The molecule has 0 unspecified atom stereocenters. The van der Waals surface area contributed by atoms with E-state index in [0.29, 0.717) is 13.0 Å². The molecule has 0 radical (unpaired) electrons. The Kier molecular flexibility index (Phi) is 4.81. The van der Waals surface area contributed by atoms with Crippen LogP contribution in [0.1, 0.15) is 44.1 Å². The van der Waals surface area contributed by atoms with Crippen LogP contribution in [0, 0.1) is 12.3 Å². The lowest BCUT2D eigenvalue weighted by atomic mass is 9.71. The van der Waals surface area contributed by atoms with E-state index in [1.807, 2.05) is 31.3 Å². The number of nitrogens with zero attached hydrogens (tertiary/aromatic N) is 1. The number of carbonyl (C=O) groups is 1. The fourth-order valence-electron chi connectivity index (χ4n) is 3.11. The smallest absolute Gasteiger partial charge is 0.227 e. The molecule has 110 valence electrons. The second-order valence-corrected chi connectivity index (χ2v) is 6.23. The molecule has 1 fully saturated rings. The summed E-state index contributed by atoms with van der Waals surface area (Å²) < 4.78 is 0. The summed E-state index contributed by atoms with van der Waals surface area (Å²) in [6, 6.07) is 8.09. The molecule has 2 N–H and O–H groups in total. The third-order valence-electron chi connectivity index (χ3n) is 4.67. The second-order valence-electron chi connectivity index (χ2n) is 6.23. The van der Waals surface area contributed by atoms with E-state index >= 15 is 0 Å². The van der Waals surface area contributed by atoms with Crippen LogP contribution < -0.4 is 10.6 Å². The Bertz CT molecular complexity index is 447. The Balaban J connectivity index is 2.04. The summed E-state index contributed by atoms with van der Waals surface area (Å²) in [6.07, 6.45) is 6.46. The van der Waals surface area contributed by atoms with Crippen LogP contribution >= 0.6 is 0 Å². The average molecular weight is 274 g/mol. The molecule has 0 saturated heterocycles. The molecule has 1 aromatic carbocycles. The monoisotopic (exact) mass is 274 g/mol. The fraction of sp³-hybridized carbons (Fsp3) is 0.588. The molecule has 0 bridgehead atoms. The Hall–Kier alpha value is -1.35. The first kappa shape index (κ1) is 15.0. The highest BCUT2D eigenvalue weighted by Crippen LogP contribution is 2.39. The van der Waals surface area contributed by atoms with Crippen molar-refractivity contribution in [3.63, 3.8) is 0 Å². The van der Waals surface area contributed by atoms with E-state index in [0.717, 1.165) is 18.5 Å². The Morgan fingerprint density at radius 1 is 1.20 bits per heavy atom. The van der Waals surface area contributed by atoms with Gasteiger partial charge in [0.25, 0.3) is 0 Å². The summed E-state index contributed by atoms with van der Waals surface area (Å²) in [5.41, 5.74) is 8.18. The molecule has 1 saturated carbocycles. The summed E-state index contributed by atoms with van der Waals surface area (Å²) in [5, 5.41) is 0. The van der Waals surface area contributed by atoms with Gasteiger partial charge in [-0.2, -0.15) is 0 Å². The van der Waals surface area contributed by atoms with Gasteiger partial charge < -0.3 is 10.6 Å². The molecule has 1 aliphatic rings. The maximum absolute atomic E-state index is 12.5. The number of nitrogens with two attached hydrogens (primary N) is 1. The minimum atomic E-state index is 0.0360. The molecular weight excluding hydrogens is 248 g/mol. The van der Waals surface area contributed by atoms with Gasteiger partial charge in [-0.15, -0.1) is 0 Å². The second kappa shape index (κ2) is 6.40. The molecule has 1 aromatic rings. The number of carbonyl (C=O) groups excluding carboxylic acids is 1. The van der Waals surface area contributed by atoms with E-state index in [1.165, 1.54) is 24.8 Å². The molecule has 0 spiro atoms. The molecule has 0 aromatic heterocycles. The van der Waals surface area contributed by atoms with Crippen LogP contribution in [-0.4, -0.2) is 19.5 Å². The largest absolute Gasteiger partial charge is 0.330 e. The molecule has 1 aliphatic carbocycles. The van der Waals surface area contributed by atoms with Crippen molar-refractivity contribution in [1.82, 2.24) is 0 Å². The third kappa shape index (κ3) is 3.40. The van der Waals surface area contributed by atoms with Crippen LogP contribution in [-0.2, 0) is 4.79 Å². The van der Waals surface area contributed by atoms with E-state index in [9.17, 15) is 4.79 Å². The van der Waals surface area contributed by atoms with Gasteiger partial charge in [-0.1, -0.05) is 37.0 Å². The first-order valence-corrected chi connectivity index (χ1v) is 7.60. The maximum Gasteiger partial charge on any atom is 0.227 e. The van der Waals surface area contributed by atoms with E-state index < -0.39 is 0 Å². The zero-order valence-corrected chi connectivity index (χ0v) is 12.7. The van der Waals surface area contributed by atoms with Crippen molar-refractivity contribution in [2.45, 2.75) is 45.4 Å². The van der Waals surface area contributed by atoms with Crippen LogP contribution in [0.2, 0.25) is 0 Å². The van der Waals surface area contributed by atoms with Crippen LogP contribution in [0.5, 0.6) is 0 Å². The van der Waals surface area contributed by atoms with Crippen LogP contribution in [0.4, 0.5) is 5.69 Å². The highest BCUT2D eigenvalue weighted by Gasteiger charge is 2.34. The van der Waals surface area contributed by atoms with Gasteiger partial charge >= 0.3 is 0 Å². The number of anilines is 1. The number of aryl methyl sites for hydroxylation is 1. The number of hydrogen-bond acceptors (Lipinski definition) is 2. The molecule has 20 heavy (non-hydrogen) atoms. The molecule has 0 aliphatic heterocycles. The van der Waals surface area contributed by atoms with Crippen molar-refractivity contribution in [1.29, 1.82) is 0 Å². The van der Waals surface area contributed by atoms with E-state index in [1.54, 1.807) is 4.90 Å². The van der Waals surface area contributed by atoms with Gasteiger partial charge in [0.1, 0.15) is 0 Å². The predicted octanol–water partition coefficient (Wildman–Crippen LogP) is 3.26. The maximum atomic E-state index is 12.5. The first-order chi connectivity index (χ1) is 9.56. The van der Waals surface area contributed by atoms with Crippen LogP contribution in [0.25, 0.3) is 0 Å². The van der Waals surface area contributed by atoms with E-state index in [4.69, 9.17) is 5.73 Å². The van der Waals surface area contributed by atoms with Gasteiger partial charge in [-0.05, 0) is 43.9 Å². The zero-order chi connectivity index (χ0) is 14.6. The lowest BCUT2D eigenvalue weighted by Gasteiger charge is -2.36. The molecule has 0 heterocycles. The van der Waals surface area contributed by atoms with Gasteiger partial charge in [0.2, 0.25) is 5.91 Å². The quantitative estimate of drug-likeness (QED) is 0.916. The minimum Gasteiger partial charge on any atom is -0.330 e. The zero-order valence-electron chi connectivity index (χ0n) is 12.7. The lowest BCUT2D eigenvalue weighted by molar-refractivity contribution is -0.121. The van der Waals surface area contributed by atoms with Crippen LogP contribution in [0.15, 0.2) is 24.3 Å². The summed E-state index contributed by atoms with van der Waals surface area (Å²) >= 11 is 0. The summed E-state index contributed by atoms with van der Waals surface area (Å²) in [7, 11) is 1.86. The third-order valence-corrected chi connectivity index (χ3v) is 4.67. The van der Waals surface area contributed by atoms with Crippen molar-refractivity contribution >= 4 is 11.6 Å². The van der Waals surface area contributed by atoms with Crippen molar-refractivity contribution in [3.8, 4) is 0 Å². The minimum absolute atomic E-state index is 0.0360. The number of benzene rings is 1. The van der Waals surface area contributed by atoms with Crippen molar-refractivity contribution < 1.29 is 4.79 Å². The predicted molar refractivity (Wildman–Crippen MR) is 83.8 cm³/mol. The van der Waals surface area contributed by atoms with Gasteiger partial charge in [0.05, 0.1) is 0 Å². The summed E-state index contributed by atoms with van der Waals surface area (Å²) in [4.78, 5) is 14.3. The van der Waals surface area contributed by atoms with Gasteiger partial charge in [0.15, 0.2) is 0 Å². The molecule has 3 nitrogen and oxygen atoms in total. The normalized spacial score (nSPS) is 17.8. The van der Waals surface area contributed by atoms with Gasteiger partial charge in [-0.3, -0.25) is 4.79 Å². The average Bonchev–Trinajstić information content (AvgIpc) is 2.48. The molecule has 0 atom stereocenters. The number of hydrogen-bond donors (Lipinski definition) is 1. The standard InChI is InChI=1S/C17H26N2O/c1-14-6-8-15(9-7-14)19(2)16(20)12-17(13-18)10-4-3-5-11-17/h6-9H,3-5,10-13,18H2,1-2H3.